The number of fused-ring (bicyclic) bond motifs is 1. The van der Waals surface area contributed by atoms with Gasteiger partial charge in [-0.3, -0.25) is 4.79 Å². The summed E-state index contributed by atoms with van der Waals surface area (Å²) < 4.78 is 0. The molecule has 5 heteroatoms. The second-order valence-corrected chi connectivity index (χ2v) is 6.48. The summed E-state index contributed by atoms with van der Waals surface area (Å²) in [6, 6.07) is 7.43. The van der Waals surface area contributed by atoms with E-state index in [0.29, 0.717) is 12.3 Å². The number of thioether (sulfide) groups is 1. The van der Waals surface area contributed by atoms with Crippen LogP contribution in [-0.2, 0) is 22.4 Å². The van der Waals surface area contributed by atoms with Gasteiger partial charge >= 0.3 is 5.97 Å². The number of carbonyl (C=O) groups is 2. The van der Waals surface area contributed by atoms with Gasteiger partial charge in [-0.1, -0.05) is 24.3 Å². The van der Waals surface area contributed by atoms with Crippen LogP contribution < -0.4 is 0 Å². The first-order valence-corrected chi connectivity index (χ1v) is 8.00. The highest BCUT2D eigenvalue weighted by Crippen LogP contribution is 2.29. The predicted molar refractivity (Wildman–Crippen MR) is 77.8 cm³/mol. The highest BCUT2D eigenvalue weighted by molar-refractivity contribution is 7.99. The molecule has 0 radical (unpaired) electrons. The normalized spacial score (nSPS) is 22.6. The van der Waals surface area contributed by atoms with Crippen molar-refractivity contribution < 1.29 is 14.7 Å². The van der Waals surface area contributed by atoms with Crippen LogP contribution in [0.15, 0.2) is 24.3 Å². The van der Waals surface area contributed by atoms with Crippen LogP contribution in [0, 0.1) is 5.92 Å². The third-order valence-corrected chi connectivity index (χ3v) is 5.12. The SMILES string of the molecule is O=C(O)C1CSCCN1C(=O)C1Cc2ccccc2C1. The molecule has 3 rings (SSSR count). The Bertz CT molecular complexity index is 521. The molecule has 1 saturated heterocycles. The molecule has 1 heterocycles. The average Bonchev–Trinajstić information content (AvgIpc) is 2.90. The molecule has 1 N–H and O–H groups in total. The molecule has 1 aromatic carbocycles. The van der Waals surface area contributed by atoms with E-state index in [-0.39, 0.29) is 11.8 Å². The Kier molecular flexibility index (Phi) is 3.70. The van der Waals surface area contributed by atoms with Crippen LogP contribution >= 0.6 is 11.8 Å². The Hall–Kier alpha value is -1.49. The fraction of sp³-hybridized carbons (Fsp3) is 0.467. The third-order valence-electron chi connectivity index (χ3n) is 4.10. The minimum absolute atomic E-state index is 0.00824. The predicted octanol–water partition coefficient (Wildman–Crippen LogP) is 1.43. The fourth-order valence-electron chi connectivity index (χ4n) is 3.04. The molecular formula is C15H17NO3S. The summed E-state index contributed by atoms with van der Waals surface area (Å²) in [5, 5.41) is 9.27. The van der Waals surface area contributed by atoms with Gasteiger partial charge in [-0.25, -0.2) is 4.79 Å². The van der Waals surface area contributed by atoms with Crippen LogP contribution in [-0.4, -0.2) is 46.0 Å². The zero-order chi connectivity index (χ0) is 14.1. The standard InChI is InChI=1S/C15H17NO3S/c17-14(16-5-6-20-9-13(16)15(18)19)12-7-10-3-1-2-4-11(10)8-12/h1-4,12-13H,5-9H2,(H,18,19). The van der Waals surface area contributed by atoms with E-state index < -0.39 is 12.0 Å². The van der Waals surface area contributed by atoms with Crippen molar-refractivity contribution in [2.24, 2.45) is 5.92 Å². The number of hydrogen-bond acceptors (Lipinski definition) is 3. The maximum absolute atomic E-state index is 12.6. The lowest BCUT2D eigenvalue weighted by atomic mass is 10.0. The van der Waals surface area contributed by atoms with Crippen molar-refractivity contribution in [3.8, 4) is 0 Å². The zero-order valence-corrected chi connectivity index (χ0v) is 11.9. The summed E-state index contributed by atoms with van der Waals surface area (Å²) in [7, 11) is 0. The second kappa shape index (κ2) is 5.48. The summed E-state index contributed by atoms with van der Waals surface area (Å²) in [4.78, 5) is 25.5. The van der Waals surface area contributed by atoms with E-state index in [1.54, 1.807) is 16.7 Å². The number of carboxylic acids is 1. The van der Waals surface area contributed by atoms with Gasteiger partial charge in [-0.05, 0) is 24.0 Å². The van der Waals surface area contributed by atoms with Gasteiger partial charge < -0.3 is 10.0 Å². The Labute approximate surface area is 122 Å². The molecule has 0 spiro atoms. The number of rotatable bonds is 2. The van der Waals surface area contributed by atoms with Crippen LogP contribution in [0.25, 0.3) is 0 Å². The van der Waals surface area contributed by atoms with Gasteiger partial charge in [0.25, 0.3) is 0 Å². The fourth-order valence-corrected chi connectivity index (χ4v) is 4.08. The monoisotopic (exact) mass is 291 g/mol. The molecule has 1 aliphatic heterocycles. The van der Waals surface area contributed by atoms with Crippen molar-refractivity contribution in [1.29, 1.82) is 0 Å². The van der Waals surface area contributed by atoms with E-state index in [2.05, 4.69) is 12.1 Å². The van der Waals surface area contributed by atoms with Crippen molar-refractivity contribution in [3.05, 3.63) is 35.4 Å². The lowest BCUT2D eigenvalue weighted by Gasteiger charge is -2.34. The Balaban J connectivity index is 1.75. The number of amides is 1. The van der Waals surface area contributed by atoms with E-state index in [1.807, 2.05) is 12.1 Å². The first-order chi connectivity index (χ1) is 9.66. The van der Waals surface area contributed by atoms with E-state index >= 15 is 0 Å². The number of carbonyl (C=O) groups excluding carboxylic acids is 1. The number of benzene rings is 1. The highest BCUT2D eigenvalue weighted by atomic mass is 32.2. The van der Waals surface area contributed by atoms with Gasteiger partial charge in [-0.15, -0.1) is 0 Å². The van der Waals surface area contributed by atoms with Gasteiger partial charge in [0.2, 0.25) is 5.91 Å². The maximum atomic E-state index is 12.6. The quantitative estimate of drug-likeness (QED) is 0.895. The smallest absolute Gasteiger partial charge is 0.327 e. The van der Waals surface area contributed by atoms with Gasteiger partial charge in [0, 0.05) is 24.0 Å². The number of aliphatic carboxylic acids is 1. The molecule has 0 bridgehead atoms. The van der Waals surface area contributed by atoms with Crippen LogP contribution in [0.5, 0.6) is 0 Å². The summed E-state index contributed by atoms with van der Waals surface area (Å²) in [6.07, 6.45) is 1.48. The van der Waals surface area contributed by atoms with Crippen LogP contribution in [0.4, 0.5) is 0 Å². The maximum Gasteiger partial charge on any atom is 0.327 e. The van der Waals surface area contributed by atoms with Crippen LogP contribution in [0.3, 0.4) is 0 Å². The molecule has 0 aromatic heterocycles. The number of hydrogen-bond donors (Lipinski definition) is 1. The topological polar surface area (TPSA) is 57.6 Å². The van der Waals surface area contributed by atoms with Crippen molar-refractivity contribution in [1.82, 2.24) is 4.90 Å². The molecule has 2 aliphatic rings. The summed E-state index contributed by atoms with van der Waals surface area (Å²) in [5.41, 5.74) is 2.45. The van der Waals surface area contributed by atoms with Crippen LogP contribution in [0.2, 0.25) is 0 Å². The molecule has 106 valence electrons. The van der Waals surface area contributed by atoms with Gasteiger partial charge in [0.1, 0.15) is 6.04 Å². The van der Waals surface area contributed by atoms with Crippen LogP contribution in [0.1, 0.15) is 11.1 Å². The van der Waals surface area contributed by atoms with E-state index in [9.17, 15) is 14.7 Å². The van der Waals surface area contributed by atoms with E-state index in [0.717, 1.165) is 18.6 Å². The Morgan fingerprint density at radius 1 is 1.20 bits per heavy atom. The minimum atomic E-state index is -0.888. The largest absolute Gasteiger partial charge is 0.480 e. The molecule has 1 fully saturated rings. The number of carboxylic acid groups (broad SMARTS) is 1. The lowest BCUT2D eigenvalue weighted by Crippen LogP contribution is -2.52. The Morgan fingerprint density at radius 2 is 1.85 bits per heavy atom. The van der Waals surface area contributed by atoms with E-state index in [1.165, 1.54) is 11.1 Å². The molecule has 20 heavy (non-hydrogen) atoms. The molecule has 1 unspecified atom stereocenters. The molecular weight excluding hydrogens is 274 g/mol. The average molecular weight is 291 g/mol. The third kappa shape index (κ3) is 2.42. The first kappa shape index (κ1) is 13.5. The summed E-state index contributed by atoms with van der Waals surface area (Å²) >= 11 is 1.61. The second-order valence-electron chi connectivity index (χ2n) is 5.33. The Morgan fingerprint density at radius 3 is 2.45 bits per heavy atom. The van der Waals surface area contributed by atoms with Crippen molar-refractivity contribution >= 4 is 23.6 Å². The lowest BCUT2D eigenvalue weighted by molar-refractivity contribution is -0.150. The van der Waals surface area contributed by atoms with Gasteiger partial charge in [-0.2, -0.15) is 11.8 Å². The number of nitrogens with zero attached hydrogens (tertiary/aromatic N) is 1. The summed E-state index contributed by atoms with van der Waals surface area (Å²) in [5.74, 6) is 0.364. The molecule has 1 atom stereocenters. The highest BCUT2D eigenvalue weighted by Gasteiger charge is 2.37. The first-order valence-electron chi connectivity index (χ1n) is 6.84. The molecule has 1 aliphatic carbocycles. The summed E-state index contributed by atoms with van der Waals surface area (Å²) in [6.45, 7) is 0.549. The van der Waals surface area contributed by atoms with E-state index in [4.69, 9.17) is 0 Å². The van der Waals surface area contributed by atoms with Gasteiger partial charge in [0.15, 0.2) is 0 Å². The molecule has 0 saturated carbocycles. The zero-order valence-electron chi connectivity index (χ0n) is 11.1. The van der Waals surface area contributed by atoms with Crippen molar-refractivity contribution in [3.63, 3.8) is 0 Å². The van der Waals surface area contributed by atoms with Gasteiger partial charge in [0.05, 0.1) is 0 Å². The molecule has 1 aromatic rings. The minimum Gasteiger partial charge on any atom is -0.480 e. The van der Waals surface area contributed by atoms with Crippen molar-refractivity contribution in [2.75, 3.05) is 18.1 Å². The molecule has 1 amide bonds. The van der Waals surface area contributed by atoms with Crippen molar-refractivity contribution in [2.45, 2.75) is 18.9 Å². The molecule has 4 nitrogen and oxygen atoms in total.